The van der Waals surface area contributed by atoms with Crippen LogP contribution in [-0.4, -0.2) is 49.3 Å². The van der Waals surface area contributed by atoms with Crippen LogP contribution < -0.4 is 15.5 Å². The molecule has 2 aromatic rings. The zero-order chi connectivity index (χ0) is 20.1. The molecule has 0 saturated carbocycles. The van der Waals surface area contributed by atoms with Gasteiger partial charge in [0, 0.05) is 55.7 Å². The van der Waals surface area contributed by atoms with E-state index in [4.69, 9.17) is 23.8 Å². The lowest BCUT2D eigenvalue weighted by Gasteiger charge is -2.37. The van der Waals surface area contributed by atoms with Crippen molar-refractivity contribution in [2.24, 2.45) is 0 Å². The van der Waals surface area contributed by atoms with Crippen LogP contribution in [0.15, 0.2) is 36.4 Å². The summed E-state index contributed by atoms with van der Waals surface area (Å²) in [4.78, 5) is 4.90. The molecular formula is C22H29ClN4S. The van der Waals surface area contributed by atoms with E-state index in [1.165, 1.54) is 22.4 Å². The minimum atomic E-state index is 0.681. The summed E-state index contributed by atoms with van der Waals surface area (Å²) >= 11 is 11.7. The fourth-order valence-electron chi connectivity index (χ4n) is 3.60. The summed E-state index contributed by atoms with van der Waals surface area (Å²) in [6, 6.07) is 12.5. The van der Waals surface area contributed by atoms with Crippen LogP contribution in [0.5, 0.6) is 0 Å². The van der Waals surface area contributed by atoms with E-state index in [0.29, 0.717) is 5.11 Å². The number of thiocarbonyl (C=S) groups is 1. The van der Waals surface area contributed by atoms with Crippen molar-refractivity contribution in [2.75, 3.05) is 49.5 Å². The first-order valence-electron chi connectivity index (χ1n) is 9.78. The van der Waals surface area contributed by atoms with E-state index in [1.54, 1.807) is 0 Å². The maximum Gasteiger partial charge on any atom is 0.170 e. The Labute approximate surface area is 178 Å². The maximum atomic E-state index is 6.27. The second-order valence-electron chi connectivity index (χ2n) is 7.41. The van der Waals surface area contributed by atoms with Gasteiger partial charge in [-0.1, -0.05) is 35.4 Å². The van der Waals surface area contributed by atoms with E-state index >= 15 is 0 Å². The van der Waals surface area contributed by atoms with Crippen LogP contribution in [0.25, 0.3) is 0 Å². The zero-order valence-corrected chi connectivity index (χ0v) is 18.5. The Morgan fingerprint density at radius 1 is 1.07 bits per heavy atom. The smallest absolute Gasteiger partial charge is 0.170 e. The first-order chi connectivity index (χ1) is 13.4. The molecule has 0 radical (unpaired) electrons. The number of hydrogen-bond acceptors (Lipinski definition) is 3. The van der Waals surface area contributed by atoms with Gasteiger partial charge in [-0.15, -0.1) is 0 Å². The number of benzene rings is 2. The number of piperazine rings is 1. The highest BCUT2D eigenvalue weighted by molar-refractivity contribution is 7.80. The molecule has 1 fully saturated rings. The molecule has 150 valence electrons. The fraction of sp³-hybridized carbons (Fsp3) is 0.409. The monoisotopic (exact) mass is 416 g/mol. The number of nitrogens with one attached hydrogen (secondary N) is 2. The van der Waals surface area contributed by atoms with Gasteiger partial charge in [0.15, 0.2) is 5.11 Å². The van der Waals surface area contributed by atoms with Crippen molar-refractivity contribution < 1.29 is 0 Å². The zero-order valence-electron chi connectivity index (χ0n) is 16.9. The number of aryl methyl sites for hydroxylation is 2. The summed E-state index contributed by atoms with van der Waals surface area (Å²) < 4.78 is 0. The van der Waals surface area contributed by atoms with Crippen LogP contribution in [-0.2, 0) is 0 Å². The predicted octanol–water partition coefficient (Wildman–Crippen LogP) is 4.37. The molecule has 3 rings (SSSR count). The van der Waals surface area contributed by atoms with Crippen LogP contribution in [0.4, 0.5) is 11.4 Å². The Balaban J connectivity index is 1.41. The summed E-state index contributed by atoms with van der Waals surface area (Å²) in [5.74, 6) is 0. The third-order valence-electron chi connectivity index (χ3n) is 5.30. The normalized spacial score (nSPS) is 14.8. The van der Waals surface area contributed by atoms with E-state index in [9.17, 15) is 0 Å². The van der Waals surface area contributed by atoms with Crippen LogP contribution >= 0.6 is 23.8 Å². The van der Waals surface area contributed by atoms with Crippen LogP contribution in [0.3, 0.4) is 0 Å². The lowest BCUT2D eigenvalue weighted by atomic mass is 10.1. The first kappa shape index (κ1) is 20.9. The van der Waals surface area contributed by atoms with Gasteiger partial charge in [0.05, 0.1) is 0 Å². The predicted molar refractivity (Wildman–Crippen MR) is 125 cm³/mol. The van der Waals surface area contributed by atoms with E-state index < -0.39 is 0 Å². The van der Waals surface area contributed by atoms with Crippen LogP contribution in [0.2, 0.25) is 5.02 Å². The Hall–Kier alpha value is -1.82. The van der Waals surface area contributed by atoms with Crippen LogP contribution in [0.1, 0.15) is 16.7 Å². The highest BCUT2D eigenvalue weighted by Gasteiger charge is 2.18. The molecule has 2 aromatic carbocycles. The molecule has 0 spiro atoms. The number of hydrogen-bond donors (Lipinski definition) is 2. The van der Waals surface area contributed by atoms with E-state index in [0.717, 1.165) is 50.0 Å². The molecule has 4 nitrogen and oxygen atoms in total. The SMILES string of the molecule is Cc1ccc(NC(=S)NCCN2CCN(c3cccc(Cl)c3C)CC2)c(C)c1. The Morgan fingerprint density at radius 2 is 1.82 bits per heavy atom. The molecule has 0 aliphatic carbocycles. The molecule has 2 N–H and O–H groups in total. The molecule has 0 bridgehead atoms. The third kappa shape index (κ3) is 5.37. The fourth-order valence-corrected chi connectivity index (χ4v) is 3.98. The van der Waals surface area contributed by atoms with E-state index in [1.807, 2.05) is 12.1 Å². The van der Waals surface area contributed by atoms with Crippen molar-refractivity contribution in [2.45, 2.75) is 20.8 Å². The van der Waals surface area contributed by atoms with Crippen molar-refractivity contribution in [3.63, 3.8) is 0 Å². The van der Waals surface area contributed by atoms with E-state index in [-0.39, 0.29) is 0 Å². The van der Waals surface area contributed by atoms with Crippen LogP contribution in [0, 0.1) is 20.8 Å². The summed E-state index contributed by atoms with van der Waals surface area (Å²) in [5.41, 5.74) is 5.95. The molecular weight excluding hydrogens is 388 g/mol. The molecule has 0 atom stereocenters. The Kier molecular flexibility index (Phi) is 7.16. The van der Waals surface area contributed by atoms with Gasteiger partial charge >= 0.3 is 0 Å². The van der Waals surface area contributed by atoms with Gasteiger partial charge in [0.2, 0.25) is 0 Å². The van der Waals surface area contributed by atoms with Gasteiger partial charge < -0.3 is 15.5 Å². The van der Waals surface area contributed by atoms with Gasteiger partial charge in [-0.25, -0.2) is 0 Å². The summed E-state index contributed by atoms with van der Waals surface area (Å²) in [6.07, 6.45) is 0. The van der Waals surface area contributed by atoms with Gasteiger partial charge in [-0.2, -0.15) is 0 Å². The lowest BCUT2D eigenvalue weighted by Crippen LogP contribution is -2.48. The highest BCUT2D eigenvalue weighted by atomic mass is 35.5. The largest absolute Gasteiger partial charge is 0.369 e. The number of rotatable bonds is 5. The standard InChI is InChI=1S/C22H29ClN4S/c1-16-7-8-20(17(2)15-16)25-22(28)24-9-10-26-11-13-27(14-12-26)21-6-4-5-19(23)18(21)3/h4-8,15H,9-14H2,1-3H3,(H2,24,25,28). The van der Waals surface area contributed by atoms with E-state index in [2.05, 4.69) is 65.5 Å². The second kappa shape index (κ2) is 9.59. The van der Waals surface area contributed by atoms with Crippen molar-refractivity contribution in [1.29, 1.82) is 0 Å². The molecule has 1 saturated heterocycles. The van der Waals surface area contributed by atoms with Gasteiger partial charge in [0.1, 0.15) is 0 Å². The third-order valence-corrected chi connectivity index (χ3v) is 5.95. The van der Waals surface area contributed by atoms with Crippen molar-refractivity contribution in [3.8, 4) is 0 Å². The maximum absolute atomic E-state index is 6.27. The molecule has 28 heavy (non-hydrogen) atoms. The molecule has 0 unspecified atom stereocenters. The molecule has 1 aliphatic heterocycles. The van der Waals surface area contributed by atoms with Gasteiger partial charge in [-0.05, 0) is 62.3 Å². The first-order valence-corrected chi connectivity index (χ1v) is 10.6. The Morgan fingerprint density at radius 3 is 2.54 bits per heavy atom. The summed E-state index contributed by atoms with van der Waals surface area (Å²) in [7, 11) is 0. The van der Waals surface area contributed by atoms with Gasteiger partial charge in [-0.3, -0.25) is 4.90 Å². The minimum Gasteiger partial charge on any atom is -0.369 e. The second-order valence-corrected chi connectivity index (χ2v) is 8.23. The molecule has 1 heterocycles. The van der Waals surface area contributed by atoms with Crippen molar-refractivity contribution in [3.05, 3.63) is 58.1 Å². The number of halogens is 1. The Bertz CT molecular complexity index is 831. The van der Waals surface area contributed by atoms with Gasteiger partial charge in [0.25, 0.3) is 0 Å². The molecule has 0 aromatic heterocycles. The average molecular weight is 417 g/mol. The summed E-state index contributed by atoms with van der Waals surface area (Å²) in [6.45, 7) is 12.2. The van der Waals surface area contributed by atoms with Crippen molar-refractivity contribution >= 4 is 40.3 Å². The quantitative estimate of drug-likeness (QED) is 0.706. The van der Waals surface area contributed by atoms with Crippen molar-refractivity contribution in [1.82, 2.24) is 10.2 Å². The average Bonchev–Trinajstić information content (AvgIpc) is 2.67. The highest BCUT2D eigenvalue weighted by Crippen LogP contribution is 2.27. The topological polar surface area (TPSA) is 30.5 Å². The summed E-state index contributed by atoms with van der Waals surface area (Å²) in [5, 5.41) is 8.15. The molecule has 1 aliphatic rings. The molecule has 6 heteroatoms. The lowest BCUT2D eigenvalue weighted by molar-refractivity contribution is 0.262. The molecule has 0 amide bonds. The number of nitrogens with zero attached hydrogens (tertiary/aromatic N) is 2. The minimum absolute atomic E-state index is 0.681. The number of anilines is 2.